The fourth-order valence-electron chi connectivity index (χ4n) is 2.67. The van der Waals surface area contributed by atoms with Crippen molar-refractivity contribution in [3.8, 4) is 16.9 Å². The Balaban J connectivity index is 1.94. The molecule has 2 aromatic carbocycles. The predicted octanol–water partition coefficient (Wildman–Crippen LogP) is 6.98. The Kier molecular flexibility index (Phi) is 7.11. The maximum Gasteiger partial charge on any atom is 0.119 e. The van der Waals surface area contributed by atoms with Gasteiger partial charge in [0, 0.05) is 0 Å². The van der Waals surface area contributed by atoms with E-state index < -0.39 is 0 Å². The normalized spacial score (nSPS) is 10.8. The van der Waals surface area contributed by atoms with Crippen molar-refractivity contribution in [2.75, 3.05) is 6.61 Å². The van der Waals surface area contributed by atoms with Crippen LogP contribution in [0.4, 0.5) is 0 Å². The van der Waals surface area contributed by atoms with Crippen molar-refractivity contribution in [1.29, 1.82) is 0 Å². The van der Waals surface area contributed by atoms with Gasteiger partial charge in [-0.3, -0.25) is 0 Å². The van der Waals surface area contributed by atoms with E-state index in [2.05, 4.69) is 75.9 Å². The molecule has 0 aromatic heterocycles. The summed E-state index contributed by atoms with van der Waals surface area (Å²) in [5.41, 5.74) is 4.86. The summed E-state index contributed by atoms with van der Waals surface area (Å²) in [7, 11) is 0. The van der Waals surface area contributed by atoms with Crippen molar-refractivity contribution in [3.05, 3.63) is 60.7 Å². The fraction of sp³-hybridized carbons (Fsp3) is 0.391. The Morgan fingerprint density at radius 3 is 2.00 bits per heavy atom. The van der Waals surface area contributed by atoms with Gasteiger partial charge in [0.25, 0.3) is 0 Å². The van der Waals surface area contributed by atoms with Crippen molar-refractivity contribution in [3.63, 3.8) is 0 Å². The first-order valence-corrected chi connectivity index (χ1v) is 9.14. The SMILES string of the molecule is C=C(c1ccc(-c2ccc(OCCCCCC)cc2)cc1)C(C)C. The van der Waals surface area contributed by atoms with Crippen molar-refractivity contribution >= 4 is 5.57 Å². The molecule has 0 fully saturated rings. The number of ether oxygens (including phenoxy) is 1. The molecule has 1 nitrogen and oxygen atoms in total. The van der Waals surface area contributed by atoms with E-state index in [1.54, 1.807) is 0 Å². The predicted molar refractivity (Wildman–Crippen MR) is 105 cm³/mol. The standard InChI is InChI=1S/C23H30O/c1-5-6-7-8-17-24-23-15-13-22(14-16-23)21-11-9-20(10-12-21)19(4)18(2)3/h9-16,18H,4-8,17H2,1-3H3. The molecular formula is C23H30O. The van der Waals surface area contributed by atoms with Crippen LogP contribution in [0.25, 0.3) is 16.7 Å². The molecule has 0 heterocycles. The van der Waals surface area contributed by atoms with Crippen molar-refractivity contribution in [2.24, 2.45) is 5.92 Å². The van der Waals surface area contributed by atoms with Gasteiger partial charge in [0.15, 0.2) is 0 Å². The van der Waals surface area contributed by atoms with E-state index in [1.807, 2.05) is 0 Å². The largest absolute Gasteiger partial charge is 0.494 e. The van der Waals surface area contributed by atoms with Crippen LogP contribution in [0.15, 0.2) is 55.1 Å². The molecule has 0 aliphatic heterocycles. The van der Waals surface area contributed by atoms with Crippen molar-refractivity contribution in [1.82, 2.24) is 0 Å². The van der Waals surface area contributed by atoms with Crippen LogP contribution in [0.2, 0.25) is 0 Å². The van der Waals surface area contributed by atoms with Crippen LogP contribution < -0.4 is 4.74 Å². The van der Waals surface area contributed by atoms with E-state index in [0.717, 1.165) is 18.8 Å². The van der Waals surface area contributed by atoms with Crippen LogP contribution in [0, 0.1) is 5.92 Å². The van der Waals surface area contributed by atoms with E-state index in [0.29, 0.717) is 5.92 Å². The van der Waals surface area contributed by atoms with E-state index in [-0.39, 0.29) is 0 Å². The topological polar surface area (TPSA) is 9.23 Å². The monoisotopic (exact) mass is 322 g/mol. The van der Waals surface area contributed by atoms with Crippen LogP contribution >= 0.6 is 0 Å². The average Bonchev–Trinajstić information content (AvgIpc) is 2.61. The van der Waals surface area contributed by atoms with Gasteiger partial charge < -0.3 is 4.74 Å². The summed E-state index contributed by atoms with van der Waals surface area (Å²) in [6.07, 6.45) is 4.94. The van der Waals surface area contributed by atoms with Crippen molar-refractivity contribution < 1.29 is 4.74 Å². The molecule has 0 aliphatic carbocycles. The van der Waals surface area contributed by atoms with Crippen LogP contribution in [0.1, 0.15) is 52.0 Å². The van der Waals surface area contributed by atoms with Gasteiger partial charge in [0.05, 0.1) is 6.61 Å². The van der Waals surface area contributed by atoms with E-state index in [1.165, 1.54) is 41.5 Å². The Morgan fingerprint density at radius 1 is 0.875 bits per heavy atom. The zero-order chi connectivity index (χ0) is 17.4. The van der Waals surface area contributed by atoms with Gasteiger partial charge >= 0.3 is 0 Å². The Morgan fingerprint density at radius 2 is 1.46 bits per heavy atom. The molecule has 0 spiro atoms. The second-order valence-electron chi connectivity index (χ2n) is 6.69. The number of unbranched alkanes of at least 4 members (excludes halogenated alkanes) is 3. The molecule has 0 bridgehead atoms. The van der Waals surface area contributed by atoms with Gasteiger partial charge in [-0.2, -0.15) is 0 Å². The minimum atomic E-state index is 0.476. The molecule has 0 atom stereocenters. The fourth-order valence-corrected chi connectivity index (χ4v) is 2.67. The third kappa shape index (κ3) is 5.26. The second kappa shape index (κ2) is 9.32. The molecule has 0 saturated carbocycles. The minimum absolute atomic E-state index is 0.476. The lowest BCUT2D eigenvalue weighted by molar-refractivity contribution is 0.305. The maximum atomic E-state index is 5.81. The van der Waals surface area contributed by atoms with E-state index >= 15 is 0 Å². The molecule has 0 amide bonds. The molecule has 0 radical (unpaired) electrons. The molecule has 0 N–H and O–H groups in total. The molecule has 1 heteroatoms. The molecule has 128 valence electrons. The Hall–Kier alpha value is -2.02. The van der Waals surface area contributed by atoms with Gasteiger partial charge in [-0.05, 0) is 46.7 Å². The second-order valence-corrected chi connectivity index (χ2v) is 6.69. The summed E-state index contributed by atoms with van der Waals surface area (Å²) >= 11 is 0. The number of allylic oxidation sites excluding steroid dienone is 1. The quantitative estimate of drug-likeness (QED) is 0.452. The summed E-state index contributed by atoms with van der Waals surface area (Å²) in [6.45, 7) is 11.6. The lowest BCUT2D eigenvalue weighted by atomic mass is 9.95. The zero-order valence-corrected chi connectivity index (χ0v) is 15.3. The molecule has 2 aromatic rings. The maximum absolute atomic E-state index is 5.81. The van der Waals surface area contributed by atoms with E-state index in [9.17, 15) is 0 Å². The van der Waals surface area contributed by atoms with E-state index in [4.69, 9.17) is 4.74 Å². The molecule has 0 aliphatic rings. The first-order valence-electron chi connectivity index (χ1n) is 9.14. The number of hydrogen-bond donors (Lipinski definition) is 0. The zero-order valence-electron chi connectivity index (χ0n) is 15.3. The lowest BCUT2D eigenvalue weighted by Crippen LogP contribution is -1.97. The summed E-state index contributed by atoms with van der Waals surface area (Å²) in [4.78, 5) is 0. The van der Waals surface area contributed by atoms with Crippen LogP contribution in [0.5, 0.6) is 5.75 Å². The van der Waals surface area contributed by atoms with Crippen molar-refractivity contribution in [2.45, 2.75) is 46.5 Å². The third-order valence-corrected chi connectivity index (χ3v) is 4.41. The van der Waals surface area contributed by atoms with Gasteiger partial charge in [-0.25, -0.2) is 0 Å². The number of rotatable bonds is 9. The van der Waals surface area contributed by atoms with Gasteiger partial charge in [-0.15, -0.1) is 0 Å². The highest BCUT2D eigenvalue weighted by Gasteiger charge is 2.04. The summed E-state index contributed by atoms with van der Waals surface area (Å²) in [5, 5.41) is 0. The van der Waals surface area contributed by atoms with Gasteiger partial charge in [0.1, 0.15) is 5.75 Å². The number of hydrogen-bond acceptors (Lipinski definition) is 1. The molecule has 0 saturated heterocycles. The highest BCUT2D eigenvalue weighted by atomic mass is 16.5. The molecule has 24 heavy (non-hydrogen) atoms. The molecule has 0 unspecified atom stereocenters. The van der Waals surface area contributed by atoms with Crippen LogP contribution in [0.3, 0.4) is 0 Å². The lowest BCUT2D eigenvalue weighted by Gasteiger charge is -2.11. The minimum Gasteiger partial charge on any atom is -0.494 e. The summed E-state index contributed by atoms with van der Waals surface area (Å²) < 4.78 is 5.81. The molecule has 2 rings (SSSR count). The van der Waals surface area contributed by atoms with Crippen LogP contribution in [-0.2, 0) is 0 Å². The summed E-state index contributed by atoms with van der Waals surface area (Å²) in [6, 6.07) is 17.1. The highest BCUT2D eigenvalue weighted by molar-refractivity contribution is 5.70. The summed E-state index contributed by atoms with van der Waals surface area (Å²) in [5.74, 6) is 1.43. The van der Waals surface area contributed by atoms with Gasteiger partial charge in [-0.1, -0.05) is 83.0 Å². The average molecular weight is 322 g/mol. The first kappa shape index (κ1) is 18.3. The Labute approximate surface area is 147 Å². The first-order chi connectivity index (χ1) is 11.6. The van der Waals surface area contributed by atoms with Crippen LogP contribution in [-0.4, -0.2) is 6.61 Å². The van der Waals surface area contributed by atoms with Gasteiger partial charge in [0.2, 0.25) is 0 Å². The number of benzene rings is 2. The Bertz CT molecular complexity index is 620. The third-order valence-electron chi connectivity index (χ3n) is 4.41. The smallest absolute Gasteiger partial charge is 0.119 e. The molecular weight excluding hydrogens is 292 g/mol. The highest BCUT2D eigenvalue weighted by Crippen LogP contribution is 2.26.